The summed E-state index contributed by atoms with van der Waals surface area (Å²) in [5.74, 6) is 0. The first-order valence-corrected chi connectivity index (χ1v) is 4.79. The SMILES string of the molecule is SSSS.[Zr]. The molecular weight excluding hydrogens is 219 g/mol. The minimum Gasteiger partial charge on any atom is -0.0989 e. The van der Waals surface area contributed by atoms with E-state index in [1.165, 1.54) is 19.7 Å². The Morgan fingerprint density at radius 3 is 1.20 bits per heavy atom. The molecule has 0 aromatic heterocycles. The van der Waals surface area contributed by atoms with E-state index in [1.54, 1.807) is 0 Å². The van der Waals surface area contributed by atoms with Crippen LogP contribution in [0.3, 0.4) is 0 Å². The Labute approximate surface area is 68.4 Å². The molecule has 5 heavy (non-hydrogen) atoms. The molecule has 0 amide bonds. The van der Waals surface area contributed by atoms with Crippen LogP contribution in [0.5, 0.6) is 0 Å². The van der Waals surface area contributed by atoms with Crippen LogP contribution in [-0.2, 0) is 26.2 Å². The van der Waals surface area contributed by atoms with Gasteiger partial charge in [0.05, 0.1) is 0 Å². The van der Waals surface area contributed by atoms with E-state index in [1.807, 2.05) is 0 Å². The second-order valence-corrected chi connectivity index (χ2v) is 4.02. The van der Waals surface area contributed by atoms with Gasteiger partial charge in [-0.1, -0.05) is 23.3 Å². The summed E-state index contributed by atoms with van der Waals surface area (Å²) in [5, 5.41) is 0. The first kappa shape index (κ1) is 10.3. The van der Waals surface area contributed by atoms with E-state index < -0.39 is 0 Å². The van der Waals surface area contributed by atoms with E-state index in [9.17, 15) is 0 Å². The van der Waals surface area contributed by atoms with Crippen molar-refractivity contribution in [3.8, 4) is 0 Å². The van der Waals surface area contributed by atoms with Gasteiger partial charge < -0.3 is 0 Å². The van der Waals surface area contributed by atoms with Gasteiger partial charge in [-0.25, -0.2) is 0 Å². The first-order valence-electron chi connectivity index (χ1n) is 0.532. The monoisotopic (exact) mass is 220 g/mol. The van der Waals surface area contributed by atoms with E-state index in [0.717, 1.165) is 0 Å². The van der Waals surface area contributed by atoms with Crippen molar-refractivity contribution in [1.29, 1.82) is 0 Å². The van der Waals surface area contributed by atoms with Gasteiger partial charge in [0.15, 0.2) is 0 Å². The van der Waals surface area contributed by atoms with Gasteiger partial charge in [0.2, 0.25) is 0 Å². The van der Waals surface area contributed by atoms with Crippen molar-refractivity contribution in [3.63, 3.8) is 0 Å². The average Bonchev–Trinajstić information content (AvgIpc) is 1.37. The molecule has 0 radical (unpaired) electrons. The summed E-state index contributed by atoms with van der Waals surface area (Å²) in [5.41, 5.74) is 0. The summed E-state index contributed by atoms with van der Waals surface area (Å²) in [7, 11) is 2.66. The minimum absolute atomic E-state index is 0. The Balaban J connectivity index is 0. The molecule has 0 aliphatic heterocycles. The summed E-state index contributed by atoms with van der Waals surface area (Å²) < 4.78 is 0. The normalized spacial score (nSPS) is 6.00. The predicted octanol–water partition coefficient (Wildman–Crippen LogP) is 2.05. The van der Waals surface area contributed by atoms with Crippen LogP contribution in [0.25, 0.3) is 0 Å². The van der Waals surface area contributed by atoms with Crippen LogP contribution >= 0.6 is 43.0 Å². The van der Waals surface area contributed by atoms with Crippen LogP contribution in [0, 0.1) is 0 Å². The van der Waals surface area contributed by atoms with E-state index in [0.29, 0.717) is 0 Å². The molecule has 0 nitrogen and oxygen atoms in total. The fourth-order valence-corrected chi connectivity index (χ4v) is 0. The van der Waals surface area contributed by atoms with Crippen molar-refractivity contribution in [2.45, 2.75) is 0 Å². The summed E-state index contributed by atoms with van der Waals surface area (Å²) in [6.45, 7) is 0. The van der Waals surface area contributed by atoms with Crippen molar-refractivity contribution >= 4 is 43.0 Å². The van der Waals surface area contributed by atoms with Crippen LogP contribution < -0.4 is 0 Å². The molecule has 0 rings (SSSR count). The summed E-state index contributed by atoms with van der Waals surface area (Å²) in [6, 6.07) is 0. The first-order chi connectivity index (χ1) is 1.91. The largest absolute Gasteiger partial charge is 0.0989 e. The van der Waals surface area contributed by atoms with Gasteiger partial charge in [0, 0.05) is 26.2 Å². The second-order valence-electron chi connectivity index (χ2n) is 0.149. The molecule has 30 valence electrons. The molecule has 0 N–H and O–H groups in total. The second kappa shape index (κ2) is 9.56. The number of hydrogen-bond acceptors (Lipinski definition) is 4. The third-order valence-corrected chi connectivity index (χ3v) is 2.70. The molecule has 0 fully saturated rings. The number of hydrogen-bond donors (Lipinski definition) is 2. The minimum atomic E-state index is 0. The van der Waals surface area contributed by atoms with E-state index in [2.05, 4.69) is 23.3 Å². The maximum atomic E-state index is 3.72. The standard InChI is InChI=1S/H2S4.Zr/c1-3-4-2;/h1-2H;. The third-order valence-electron chi connectivity index (χ3n) is 0.0333. The zero-order valence-corrected chi connectivity index (χ0v) is 8.09. The molecule has 0 saturated carbocycles. The number of thiol groups is 2. The fraction of sp³-hybridized carbons (Fsp3) is 0. The van der Waals surface area contributed by atoms with Crippen molar-refractivity contribution in [3.05, 3.63) is 0 Å². The van der Waals surface area contributed by atoms with Crippen LogP contribution in [0.4, 0.5) is 0 Å². The molecule has 0 atom stereocenters. The van der Waals surface area contributed by atoms with Crippen molar-refractivity contribution < 1.29 is 26.2 Å². The third kappa shape index (κ3) is 10.7. The van der Waals surface area contributed by atoms with Gasteiger partial charge in [0.25, 0.3) is 0 Å². The molecule has 0 bridgehead atoms. The average molecular weight is 222 g/mol. The maximum absolute atomic E-state index is 3.72. The topological polar surface area (TPSA) is 0 Å². The summed E-state index contributed by atoms with van der Waals surface area (Å²) in [4.78, 5) is 0. The Morgan fingerprint density at radius 1 is 1.00 bits per heavy atom. The van der Waals surface area contributed by atoms with Gasteiger partial charge in [0.1, 0.15) is 0 Å². The Bertz CT molecular complexity index is 5.61. The quantitative estimate of drug-likeness (QED) is 0.514. The van der Waals surface area contributed by atoms with Gasteiger partial charge in [-0.2, -0.15) is 0 Å². The fourth-order valence-electron chi connectivity index (χ4n) is 0. The van der Waals surface area contributed by atoms with Gasteiger partial charge in [-0.3, -0.25) is 0 Å². The molecule has 0 saturated heterocycles. The van der Waals surface area contributed by atoms with E-state index in [4.69, 9.17) is 0 Å². The van der Waals surface area contributed by atoms with Gasteiger partial charge in [-0.05, 0) is 19.7 Å². The Kier molecular flexibility index (Phi) is 19.7. The van der Waals surface area contributed by atoms with Crippen LogP contribution in [0.2, 0.25) is 0 Å². The Morgan fingerprint density at radius 2 is 1.20 bits per heavy atom. The van der Waals surface area contributed by atoms with Crippen molar-refractivity contribution in [1.82, 2.24) is 0 Å². The molecule has 0 heterocycles. The van der Waals surface area contributed by atoms with Gasteiger partial charge >= 0.3 is 0 Å². The van der Waals surface area contributed by atoms with Crippen LogP contribution in [-0.4, -0.2) is 0 Å². The molecule has 0 aliphatic carbocycles. The maximum Gasteiger partial charge on any atom is 0 e. The zero-order chi connectivity index (χ0) is 3.41. The van der Waals surface area contributed by atoms with E-state index in [-0.39, 0.29) is 26.2 Å². The molecule has 0 unspecified atom stereocenters. The number of rotatable bonds is 1. The molecular formula is H2S4Zr. The molecule has 0 aliphatic rings. The van der Waals surface area contributed by atoms with Crippen molar-refractivity contribution in [2.24, 2.45) is 0 Å². The summed E-state index contributed by atoms with van der Waals surface area (Å²) >= 11 is 7.45. The molecule has 5 heteroatoms. The molecule has 0 aromatic rings. The van der Waals surface area contributed by atoms with Crippen LogP contribution in [0.1, 0.15) is 0 Å². The Hall–Kier alpha value is 2.28. The zero-order valence-electron chi connectivity index (χ0n) is 2.21. The molecule has 0 spiro atoms. The predicted molar refractivity (Wildman–Crippen MR) is 33.2 cm³/mol. The van der Waals surface area contributed by atoms with Crippen LogP contribution in [0.15, 0.2) is 0 Å². The van der Waals surface area contributed by atoms with E-state index >= 15 is 0 Å². The molecule has 0 aromatic carbocycles. The van der Waals surface area contributed by atoms with Crippen molar-refractivity contribution in [2.75, 3.05) is 0 Å². The smallest absolute Gasteiger partial charge is 0 e. The summed E-state index contributed by atoms with van der Waals surface area (Å²) in [6.07, 6.45) is 0. The van der Waals surface area contributed by atoms with Gasteiger partial charge in [-0.15, -0.1) is 0 Å².